The van der Waals surface area contributed by atoms with Gasteiger partial charge in [0.1, 0.15) is 18.0 Å². The van der Waals surface area contributed by atoms with Gasteiger partial charge < -0.3 is 23.7 Å². The predicted molar refractivity (Wildman–Crippen MR) is 112 cm³/mol. The zero-order valence-corrected chi connectivity index (χ0v) is 18.2. The molecule has 0 fully saturated rings. The van der Waals surface area contributed by atoms with E-state index >= 15 is 0 Å². The lowest BCUT2D eigenvalue weighted by Gasteiger charge is -2.19. The minimum atomic E-state index is -0.550. The summed E-state index contributed by atoms with van der Waals surface area (Å²) < 4.78 is 27.4. The maximum absolute atomic E-state index is 11.7. The van der Waals surface area contributed by atoms with E-state index in [1.54, 1.807) is 45.9 Å². The zero-order valence-electron chi connectivity index (χ0n) is 18.2. The van der Waals surface area contributed by atoms with Crippen molar-refractivity contribution in [3.8, 4) is 23.0 Å². The van der Waals surface area contributed by atoms with Gasteiger partial charge in [0.2, 0.25) is 5.75 Å². The average molecular weight is 416 g/mol. The molecule has 0 aliphatic rings. The van der Waals surface area contributed by atoms with Gasteiger partial charge in [-0.2, -0.15) is 0 Å². The van der Waals surface area contributed by atoms with Crippen molar-refractivity contribution >= 4 is 12.3 Å². The van der Waals surface area contributed by atoms with Gasteiger partial charge in [0.05, 0.1) is 14.2 Å². The van der Waals surface area contributed by atoms with Crippen LogP contribution in [-0.4, -0.2) is 38.7 Å². The third-order valence-corrected chi connectivity index (χ3v) is 4.12. The van der Waals surface area contributed by atoms with Crippen molar-refractivity contribution in [2.75, 3.05) is 20.8 Å². The van der Waals surface area contributed by atoms with Crippen LogP contribution >= 0.6 is 0 Å². The third-order valence-electron chi connectivity index (χ3n) is 4.12. The number of esters is 1. The summed E-state index contributed by atoms with van der Waals surface area (Å²) in [5.74, 6) is 1.41. The second kappa shape index (κ2) is 10.0. The molecule has 0 saturated heterocycles. The molecule has 0 aromatic heterocycles. The number of ether oxygens (including phenoxy) is 5. The monoisotopic (exact) mass is 416 g/mol. The lowest BCUT2D eigenvalue weighted by atomic mass is 10.1. The molecule has 0 spiro atoms. The summed E-state index contributed by atoms with van der Waals surface area (Å²) in [6.07, 6.45) is 0.750. The van der Waals surface area contributed by atoms with Gasteiger partial charge in [-0.1, -0.05) is 12.1 Å². The molecule has 0 atom stereocenters. The van der Waals surface area contributed by atoms with Gasteiger partial charge in [0.25, 0.3) is 0 Å². The van der Waals surface area contributed by atoms with Crippen molar-refractivity contribution in [3.05, 3.63) is 47.0 Å². The van der Waals surface area contributed by atoms with E-state index in [9.17, 15) is 9.59 Å². The minimum absolute atomic E-state index is 0.163. The highest BCUT2D eigenvalue weighted by Crippen LogP contribution is 2.41. The van der Waals surface area contributed by atoms with Crippen LogP contribution in [0.25, 0.3) is 0 Å². The highest BCUT2D eigenvalue weighted by Gasteiger charge is 2.19. The zero-order chi connectivity index (χ0) is 22.3. The summed E-state index contributed by atoms with van der Waals surface area (Å²) in [7, 11) is 3.02. The Hall–Kier alpha value is -3.22. The van der Waals surface area contributed by atoms with Gasteiger partial charge in [0, 0.05) is 11.1 Å². The molecule has 2 rings (SSSR count). The maximum atomic E-state index is 11.7. The Bertz CT molecular complexity index is 880. The number of carbonyl (C=O) groups excluding carboxylic acids is 2. The first kappa shape index (κ1) is 23.1. The largest absolute Gasteiger partial charge is 0.493 e. The Morgan fingerprint density at radius 3 is 2.20 bits per heavy atom. The Balaban J connectivity index is 2.04. The van der Waals surface area contributed by atoms with E-state index in [4.69, 9.17) is 23.7 Å². The van der Waals surface area contributed by atoms with Crippen molar-refractivity contribution < 1.29 is 33.3 Å². The molecular formula is C23H28O7. The number of hydrogen-bond acceptors (Lipinski definition) is 7. The molecule has 0 unspecified atom stereocenters. The summed E-state index contributed by atoms with van der Waals surface area (Å²) in [6, 6.07) is 8.77. The Morgan fingerprint density at radius 2 is 1.67 bits per heavy atom. The first-order valence-corrected chi connectivity index (χ1v) is 9.45. The standard InChI is InChI=1S/C23H28O7/c1-15-17(12-24)11-19(26-5)22(21(15)27-6)29-13-16-7-9-18(10-8-16)28-14-20(25)30-23(2,3)4/h7-12H,13-14H2,1-6H3. The summed E-state index contributed by atoms with van der Waals surface area (Å²) in [5, 5.41) is 0. The molecule has 0 aliphatic carbocycles. The summed E-state index contributed by atoms with van der Waals surface area (Å²) in [5.41, 5.74) is 1.48. The van der Waals surface area contributed by atoms with Crippen LogP contribution in [0.2, 0.25) is 0 Å². The Labute approximate surface area is 176 Å². The molecule has 0 saturated carbocycles. The third kappa shape index (κ3) is 6.14. The molecule has 0 aliphatic heterocycles. The molecule has 0 heterocycles. The molecule has 0 radical (unpaired) electrons. The van der Waals surface area contributed by atoms with Crippen LogP contribution in [0.1, 0.15) is 42.3 Å². The molecule has 7 nitrogen and oxygen atoms in total. The molecule has 2 aromatic carbocycles. The van der Waals surface area contributed by atoms with E-state index in [0.717, 1.165) is 11.8 Å². The second-order valence-corrected chi connectivity index (χ2v) is 7.58. The van der Waals surface area contributed by atoms with Gasteiger partial charge in [-0.25, -0.2) is 4.79 Å². The summed E-state index contributed by atoms with van der Waals surface area (Å²) in [4.78, 5) is 23.0. The lowest BCUT2D eigenvalue weighted by Crippen LogP contribution is -2.27. The number of benzene rings is 2. The molecule has 7 heteroatoms. The predicted octanol–water partition coefficient (Wildman–Crippen LogP) is 4.12. The van der Waals surface area contributed by atoms with Crippen molar-refractivity contribution in [3.63, 3.8) is 0 Å². The Kier molecular flexibility index (Phi) is 7.69. The van der Waals surface area contributed by atoms with Gasteiger partial charge in [0.15, 0.2) is 24.4 Å². The molecule has 30 heavy (non-hydrogen) atoms. The number of aldehydes is 1. The number of methoxy groups -OCH3 is 2. The maximum Gasteiger partial charge on any atom is 0.344 e. The van der Waals surface area contributed by atoms with Gasteiger partial charge in [-0.15, -0.1) is 0 Å². The quantitative estimate of drug-likeness (QED) is 0.449. The Morgan fingerprint density at radius 1 is 1.00 bits per heavy atom. The summed E-state index contributed by atoms with van der Waals surface area (Å²) in [6.45, 7) is 7.28. The fourth-order valence-electron chi connectivity index (χ4n) is 2.74. The van der Waals surface area contributed by atoms with Crippen molar-refractivity contribution in [2.24, 2.45) is 0 Å². The summed E-state index contributed by atoms with van der Waals surface area (Å²) >= 11 is 0. The molecule has 0 amide bonds. The second-order valence-electron chi connectivity index (χ2n) is 7.58. The molecule has 0 bridgehead atoms. The highest BCUT2D eigenvalue weighted by atomic mass is 16.6. The van der Waals surface area contributed by atoms with Crippen LogP contribution in [-0.2, 0) is 16.1 Å². The fraction of sp³-hybridized carbons (Fsp3) is 0.391. The number of hydrogen-bond donors (Lipinski definition) is 0. The van der Waals surface area contributed by atoms with Gasteiger partial charge in [-0.05, 0) is 51.5 Å². The van der Waals surface area contributed by atoms with Crippen LogP contribution in [0.3, 0.4) is 0 Å². The van der Waals surface area contributed by atoms with E-state index < -0.39 is 11.6 Å². The van der Waals surface area contributed by atoms with E-state index in [1.807, 2.05) is 12.1 Å². The number of rotatable bonds is 9. The SMILES string of the molecule is COc1cc(C=O)c(C)c(OC)c1OCc1ccc(OCC(=O)OC(C)(C)C)cc1. The highest BCUT2D eigenvalue weighted by molar-refractivity contribution is 5.81. The van der Waals surface area contributed by atoms with E-state index in [1.165, 1.54) is 14.2 Å². The molecular weight excluding hydrogens is 388 g/mol. The first-order valence-electron chi connectivity index (χ1n) is 9.45. The first-order chi connectivity index (χ1) is 14.2. The van der Waals surface area contributed by atoms with E-state index in [2.05, 4.69) is 0 Å². The minimum Gasteiger partial charge on any atom is -0.493 e. The van der Waals surface area contributed by atoms with Crippen molar-refractivity contribution in [1.82, 2.24) is 0 Å². The van der Waals surface area contributed by atoms with E-state index in [-0.39, 0.29) is 13.2 Å². The van der Waals surface area contributed by atoms with Crippen molar-refractivity contribution in [1.29, 1.82) is 0 Å². The normalized spacial score (nSPS) is 10.9. The fourth-order valence-corrected chi connectivity index (χ4v) is 2.74. The van der Waals surface area contributed by atoms with Crippen LogP contribution in [0.4, 0.5) is 0 Å². The molecule has 2 aromatic rings. The average Bonchev–Trinajstić information content (AvgIpc) is 2.70. The molecule has 162 valence electrons. The van der Waals surface area contributed by atoms with Gasteiger partial charge in [-0.3, -0.25) is 4.79 Å². The van der Waals surface area contributed by atoms with Gasteiger partial charge >= 0.3 is 5.97 Å². The smallest absolute Gasteiger partial charge is 0.344 e. The van der Waals surface area contributed by atoms with Crippen molar-refractivity contribution in [2.45, 2.75) is 39.9 Å². The van der Waals surface area contributed by atoms with Crippen LogP contribution in [0, 0.1) is 6.92 Å². The number of carbonyl (C=O) groups is 2. The van der Waals surface area contributed by atoms with E-state index in [0.29, 0.717) is 34.1 Å². The lowest BCUT2D eigenvalue weighted by molar-refractivity contribution is -0.157. The topological polar surface area (TPSA) is 80.3 Å². The van der Waals surface area contributed by atoms with Crippen LogP contribution < -0.4 is 18.9 Å². The van der Waals surface area contributed by atoms with Crippen LogP contribution in [0.5, 0.6) is 23.0 Å². The molecule has 0 N–H and O–H groups in total. The van der Waals surface area contributed by atoms with Crippen LogP contribution in [0.15, 0.2) is 30.3 Å².